The van der Waals surface area contributed by atoms with E-state index in [1.54, 1.807) is 6.92 Å². The molecular formula is C12H10ClNO. The van der Waals surface area contributed by atoms with Gasteiger partial charge in [0, 0.05) is 11.8 Å². The minimum absolute atomic E-state index is 0.0916. The molecule has 0 saturated heterocycles. The number of rotatable bonds is 2. The number of benzene rings is 1. The van der Waals surface area contributed by atoms with Crippen LogP contribution >= 0.6 is 11.6 Å². The largest absolute Gasteiger partial charge is 0.300 e. The molecule has 2 aromatic rings. The van der Waals surface area contributed by atoms with Gasteiger partial charge in [0.25, 0.3) is 0 Å². The van der Waals surface area contributed by atoms with Crippen LogP contribution in [0.2, 0.25) is 5.15 Å². The zero-order chi connectivity index (χ0) is 10.8. The molecule has 0 bridgehead atoms. The number of aromatic nitrogens is 1. The van der Waals surface area contributed by atoms with E-state index in [0.29, 0.717) is 11.6 Å². The van der Waals surface area contributed by atoms with E-state index in [9.17, 15) is 4.79 Å². The maximum Gasteiger partial charge on any atom is 0.134 e. The number of hydrogen-bond donors (Lipinski definition) is 0. The Labute approximate surface area is 92.9 Å². The van der Waals surface area contributed by atoms with Crippen molar-refractivity contribution in [2.24, 2.45) is 0 Å². The maximum absolute atomic E-state index is 11.0. The number of halogens is 1. The van der Waals surface area contributed by atoms with Crippen molar-refractivity contribution in [1.29, 1.82) is 0 Å². The van der Waals surface area contributed by atoms with Crippen LogP contribution in [0.1, 0.15) is 12.5 Å². The first-order chi connectivity index (χ1) is 7.16. The highest BCUT2D eigenvalue weighted by atomic mass is 35.5. The van der Waals surface area contributed by atoms with Gasteiger partial charge in [-0.1, -0.05) is 29.8 Å². The fourth-order valence-corrected chi connectivity index (χ4v) is 1.74. The Kier molecular flexibility index (Phi) is 2.69. The summed E-state index contributed by atoms with van der Waals surface area (Å²) < 4.78 is 0. The predicted octanol–water partition coefficient (Wildman–Crippen LogP) is 3.02. The lowest BCUT2D eigenvalue weighted by Crippen LogP contribution is -1.98. The average molecular weight is 220 g/mol. The predicted molar refractivity (Wildman–Crippen MR) is 61.1 cm³/mol. The van der Waals surface area contributed by atoms with Crippen molar-refractivity contribution in [2.45, 2.75) is 13.3 Å². The monoisotopic (exact) mass is 219 g/mol. The molecule has 2 nitrogen and oxygen atoms in total. The summed E-state index contributed by atoms with van der Waals surface area (Å²) in [5.74, 6) is 0.0916. The molecule has 1 aromatic heterocycles. The topological polar surface area (TPSA) is 30.0 Å². The molecule has 0 aliphatic carbocycles. The normalized spacial score (nSPS) is 10.5. The van der Waals surface area contributed by atoms with E-state index in [4.69, 9.17) is 11.6 Å². The van der Waals surface area contributed by atoms with Gasteiger partial charge >= 0.3 is 0 Å². The third kappa shape index (κ3) is 2.16. The number of nitrogens with zero attached hydrogens (tertiary/aromatic N) is 1. The molecule has 0 saturated carbocycles. The van der Waals surface area contributed by atoms with Crippen LogP contribution in [0.3, 0.4) is 0 Å². The summed E-state index contributed by atoms with van der Waals surface area (Å²) in [5.41, 5.74) is 1.65. The zero-order valence-electron chi connectivity index (χ0n) is 8.33. The van der Waals surface area contributed by atoms with E-state index in [0.717, 1.165) is 16.5 Å². The van der Waals surface area contributed by atoms with E-state index in [2.05, 4.69) is 4.98 Å². The molecule has 1 heterocycles. The van der Waals surface area contributed by atoms with Gasteiger partial charge < -0.3 is 0 Å². The summed E-state index contributed by atoms with van der Waals surface area (Å²) in [6, 6.07) is 9.64. The second-order valence-electron chi connectivity index (χ2n) is 3.51. The van der Waals surface area contributed by atoms with Gasteiger partial charge in [0.2, 0.25) is 0 Å². The summed E-state index contributed by atoms with van der Waals surface area (Å²) in [6.45, 7) is 1.55. The van der Waals surface area contributed by atoms with Crippen LogP contribution in [0.25, 0.3) is 10.9 Å². The lowest BCUT2D eigenvalue weighted by atomic mass is 10.1. The number of ketones is 1. The first-order valence-electron chi connectivity index (χ1n) is 4.70. The number of para-hydroxylation sites is 1. The molecule has 3 heteroatoms. The second-order valence-corrected chi connectivity index (χ2v) is 3.87. The maximum atomic E-state index is 11.0. The van der Waals surface area contributed by atoms with E-state index in [-0.39, 0.29) is 5.78 Å². The van der Waals surface area contributed by atoms with Crippen LogP contribution in [0.4, 0.5) is 0 Å². The first kappa shape index (κ1) is 10.1. The van der Waals surface area contributed by atoms with Crippen molar-refractivity contribution in [3.8, 4) is 0 Å². The van der Waals surface area contributed by atoms with Gasteiger partial charge in [-0.25, -0.2) is 4.98 Å². The Morgan fingerprint density at radius 1 is 1.40 bits per heavy atom. The summed E-state index contributed by atoms with van der Waals surface area (Å²) in [4.78, 5) is 15.3. The van der Waals surface area contributed by atoms with Crippen molar-refractivity contribution in [3.63, 3.8) is 0 Å². The van der Waals surface area contributed by atoms with Gasteiger partial charge in [-0.05, 0) is 24.6 Å². The third-order valence-corrected chi connectivity index (χ3v) is 2.52. The van der Waals surface area contributed by atoms with Crippen LogP contribution in [0, 0.1) is 0 Å². The van der Waals surface area contributed by atoms with Gasteiger partial charge in [-0.3, -0.25) is 4.79 Å². The van der Waals surface area contributed by atoms with Gasteiger partial charge in [0.1, 0.15) is 10.9 Å². The van der Waals surface area contributed by atoms with Crippen LogP contribution in [0.5, 0.6) is 0 Å². The van der Waals surface area contributed by atoms with E-state index in [1.807, 2.05) is 30.3 Å². The molecule has 0 unspecified atom stereocenters. The number of carbonyl (C=O) groups excluding carboxylic acids is 1. The summed E-state index contributed by atoms with van der Waals surface area (Å²) in [5, 5.41) is 1.43. The Balaban J connectivity index is 2.56. The van der Waals surface area contributed by atoms with Crippen LogP contribution < -0.4 is 0 Å². The summed E-state index contributed by atoms with van der Waals surface area (Å²) in [6.07, 6.45) is 0.344. The van der Waals surface area contributed by atoms with Crippen molar-refractivity contribution in [2.75, 3.05) is 0 Å². The standard InChI is InChI=1S/C12H10ClNO/c1-8(15)6-10-7-9-4-2-3-5-11(9)14-12(10)13/h2-5,7H,6H2,1H3. The number of pyridine rings is 1. The Bertz CT molecular complexity index is 522. The number of fused-ring (bicyclic) bond motifs is 1. The Hall–Kier alpha value is -1.41. The highest BCUT2D eigenvalue weighted by molar-refractivity contribution is 6.30. The quantitative estimate of drug-likeness (QED) is 0.727. The minimum atomic E-state index is 0.0916. The molecule has 0 fully saturated rings. The summed E-state index contributed by atoms with van der Waals surface area (Å²) >= 11 is 5.98. The van der Waals surface area contributed by atoms with Crippen molar-refractivity contribution in [1.82, 2.24) is 4.98 Å². The molecule has 0 N–H and O–H groups in total. The molecule has 0 amide bonds. The number of carbonyl (C=O) groups is 1. The van der Waals surface area contributed by atoms with E-state index >= 15 is 0 Å². The van der Waals surface area contributed by atoms with Crippen LogP contribution in [-0.4, -0.2) is 10.8 Å². The molecule has 0 spiro atoms. The fourth-order valence-electron chi connectivity index (χ4n) is 1.53. The van der Waals surface area contributed by atoms with Gasteiger partial charge in [-0.15, -0.1) is 0 Å². The highest BCUT2D eigenvalue weighted by Crippen LogP contribution is 2.20. The molecule has 1 aromatic carbocycles. The lowest BCUT2D eigenvalue weighted by molar-refractivity contribution is -0.116. The molecule has 0 atom stereocenters. The van der Waals surface area contributed by atoms with E-state index < -0.39 is 0 Å². The zero-order valence-corrected chi connectivity index (χ0v) is 9.08. The number of hydrogen-bond acceptors (Lipinski definition) is 2. The molecule has 2 rings (SSSR count). The van der Waals surface area contributed by atoms with Crippen molar-refractivity contribution in [3.05, 3.63) is 41.0 Å². The van der Waals surface area contributed by atoms with Gasteiger partial charge in [0.05, 0.1) is 5.52 Å². The smallest absolute Gasteiger partial charge is 0.134 e. The average Bonchev–Trinajstić information content (AvgIpc) is 2.18. The summed E-state index contributed by atoms with van der Waals surface area (Å²) in [7, 11) is 0. The molecule has 15 heavy (non-hydrogen) atoms. The molecule has 76 valence electrons. The van der Waals surface area contributed by atoms with E-state index in [1.165, 1.54) is 0 Å². The SMILES string of the molecule is CC(=O)Cc1cc2ccccc2nc1Cl. The van der Waals surface area contributed by atoms with Gasteiger partial charge in [-0.2, -0.15) is 0 Å². The lowest BCUT2D eigenvalue weighted by Gasteiger charge is -2.03. The fraction of sp³-hybridized carbons (Fsp3) is 0.167. The van der Waals surface area contributed by atoms with Crippen LogP contribution in [-0.2, 0) is 11.2 Å². The molecule has 0 aliphatic heterocycles. The Morgan fingerprint density at radius 3 is 2.87 bits per heavy atom. The minimum Gasteiger partial charge on any atom is -0.300 e. The highest BCUT2D eigenvalue weighted by Gasteiger charge is 2.06. The Morgan fingerprint density at radius 2 is 2.13 bits per heavy atom. The third-order valence-electron chi connectivity index (χ3n) is 2.19. The first-order valence-corrected chi connectivity index (χ1v) is 5.08. The molecular weight excluding hydrogens is 210 g/mol. The van der Waals surface area contributed by atoms with Gasteiger partial charge in [0.15, 0.2) is 0 Å². The van der Waals surface area contributed by atoms with Crippen molar-refractivity contribution < 1.29 is 4.79 Å². The van der Waals surface area contributed by atoms with Crippen molar-refractivity contribution >= 4 is 28.3 Å². The number of Topliss-reactive ketones (excluding diaryl/α,β-unsaturated/α-hetero) is 1. The molecule has 0 radical (unpaired) electrons. The second kappa shape index (κ2) is 3.99. The van der Waals surface area contributed by atoms with Crippen LogP contribution in [0.15, 0.2) is 30.3 Å². The molecule has 0 aliphatic rings.